The average molecular weight is 228 g/mol. The molecule has 1 atom stereocenters. The van der Waals surface area contributed by atoms with E-state index in [0.717, 1.165) is 0 Å². The molecular formula is C13H12N2O2. The molecule has 1 aromatic rings. The number of rotatable bonds is 1. The lowest BCUT2D eigenvalue weighted by atomic mass is 9.79. The smallest absolute Gasteiger partial charge is 0.236 e. The van der Waals surface area contributed by atoms with E-state index in [0.29, 0.717) is 17.7 Å². The fourth-order valence-corrected chi connectivity index (χ4v) is 2.24. The third-order valence-electron chi connectivity index (χ3n) is 2.82. The van der Waals surface area contributed by atoms with Crippen LogP contribution in [0.2, 0.25) is 0 Å². The highest BCUT2D eigenvalue weighted by Crippen LogP contribution is 2.45. The molecule has 0 amide bonds. The summed E-state index contributed by atoms with van der Waals surface area (Å²) < 4.78 is 5.78. The molecular weight excluding hydrogens is 216 g/mol. The predicted octanol–water partition coefficient (Wildman–Crippen LogP) is 2.30. The van der Waals surface area contributed by atoms with Gasteiger partial charge in [-0.05, 0) is 19.9 Å². The fraction of sp³-hybridized carbons (Fsp3) is 0.385. The normalized spacial score (nSPS) is 24.8. The third-order valence-corrected chi connectivity index (χ3v) is 2.82. The maximum Gasteiger partial charge on any atom is 0.236 e. The highest BCUT2D eigenvalue weighted by Gasteiger charge is 2.46. The highest BCUT2D eigenvalue weighted by atomic mass is 16.5. The molecule has 1 aromatic carbocycles. The van der Waals surface area contributed by atoms with Crippen LogP contribution in [0.4, 0.5) is 0 Å². The Balaban J connectivity index is 2.69. The maximum absolute atomic E-state index is 10.6. The van der Waals surface area contributed by atoms with Crippen molar-refractivity contribution in [3.8, 4) is 11.8 Å². The molecule has 0 saturated heterocycles. The number of hydrogen-bond acceptors (Lipinski definition) is 4. The zero-order valence-electron chi connectivity index (χ0n) is 9.73. The van der Waals surface area contributed by atoms with Crippen molar-refractivity contribution >= 4 is 6.08 Å². The molecule has 0 spiro atoms. The third kappa shape index (κ3) is 1.82. The molecule has 0 aliphatic carbocycles. The van der Waals surface area contributed by atoms with E-state index in [-0.39, 0.29) is 0 Å². The quantitative estimate of drug-likeness (QED) is 0.547. The molecule has 4 nitrogen and oxygen atoms in total. The minimum Gasteiger partial charge on any atom is -0.487 e. The number of fused-ring (bicyclic) bond motifs is 1. The second-order valence-electron chi connectivity index (χ2n) is 4.71. The number of nitriles is 1. The van der Waals surface area contributed by atoms with Crippen molar-refractivity contribution in [2.45, 2.75) is 31.4 Å². The van der Waals surface area contributed by atoms with Gasteiger partial charge in [-0.25, -0.2) is 4.79 Å². The number of para-hydroxylation sites is 1. The van der Waals surface area contributed by atoms with Gasteiger partial charge in [-0.1, -0.05) is 18.2 Å². The second kappa shape index (κ2) is 3.73. The minimum atomic E-state index is -1.18. The Morgan fingerprint density at radius 1 is 1.41 bits per heavy atom. The molecule has 17 heavy (non-hydrogen) atoms. The summed E-state index contributed by atoms with van der Waals surface area (Å²) in [5.74, 6) is 0.601. The van der Waals surface area contributed by atoms with E-state index in [1.54, 1.807) is 18.2 Å². The first-order valence-corrected chi connectivity index (χ1v) is 5.32. The van der Waals surface area contributed by atoms with E-state index in [1.165, 1.54) is 6.08 Å². The number of ether oxygens (including phenoxy) is 1. The van der Waals surface area contributed by atoms with Gasteiger partial charge in [0.2, 0.25) is 6.08 Å². The summed E-state index contributed by atoms with van der Waals surface area (Å²) in [5, 5.41) is 9.37. The van der Waals surface area contributed by atoms with Crippen LogP contribution in [0, 0.1) is 11.3 Å². The second-order valence-corrected chi connectivity index (χ2v) is 4.71. The predicted molar refractivity (Wildman–Crippen MR) is 61.2 cm³/mol. The van der Waals surface area contributed by atoms with Crippen molar-refractivity contribution < 1.29 is 9.53 Å². The van der Waals surface area contributed by atoms with Gasteiger partial charge < -0.3 is 4.74 Å². The van der Waals surface area contributed by atoms with Crippen molar-refractivity contribution in [2.75, 3.05) is 0 Å². The Morgan fingerprint density at radius 3 is 2.76 bits per heavy atom. The van der Waals surface area contributed by atoms with Gasteiger partial charge in [0.1, 0.15) is 11.4 Å². The van der Waals surface area contributed by atoms with Crippen molar-refractivity contribution in [3.63, 3.8) is 0 Å². The molecule has 0 radical (unpaired) electrons. The Kier molecular flexibility index (Phi) is 2.49. The van der Waals surface area contributed by atoms with Crippen molar-refractivity contribution in [1.82, 2.24) is 0 Å². The van der Waals surface area contributed by atoms with E-state index >= 15 is 0 Å². The van der Waals surface area contributed by atoms with Gasteiger partial charge in [-0.2, -0.15) is 10.3 Å². The lowest BCUT2D eigenvalue weighted by Gasteiger charge is -2.39. The maximum atomic E-state index is 10.6. The number of aliphatic imine (C=N–C) groups is 1. The number of hydrogen-bond donors (Lipinski definition) is 0. The molecule has 1 heterocycles. The molecule has 1 aliphatic heterocycles. The summed E-state index contributed by atoms with van der Waals surface area (Å²) in [6, 6.07) is 9.28. The first kappa shape index (κ1) is 11.4. The zero-order chi connectivity index (χ0) is 12.5. The Hall–Kier alpha value is -2.11. The summed E-state index contributed by atoms with van der Waals surface area (Å²) >= 11 is 0. The molecule has 0 N–H and O–H groups in total. The van der Waals surface area contributed by atoms with Gasteiger partial charge in [-0.15, -0.1) is 0 Å². The standard InChI is InChI=1S/C13H12N2O2/c1-12(2)7-13(8-14,15-9-16)10-5-3-4-6-11(10)17-12/h3-6H,7H2,1-2H3. The molecule has 4 heteroatoms. The molecule has 0 fully saturated rings. The van der Waals surface area contributed by atoms with Gasteiger partial charge >= 0.3 is 0 Å². The molecule has 1 unspecified atom stereocenters. The number of benzene rings is 1. The molecule has 0 saturated carbocycles. The fourth-order valence-electron chi connectivity index (χ4n) is 2.24. The first-order chi connectivity index (χ1) is 8.03. The Bertz CT molecular complexity index is 539. The van der Waals surface area contributed by atoms with E-state index in [1.807, 2.05) is 19.9 Å². The van der Waals surface area contributed by atoms with Crippen molar-refractivity contribution in [1.29, 1.82) is 5.26 Å². The van der Waals surface area contributed by atoms with Crippen LogP contribution in [-0.2, 0) is 10.3 Å². The van der Waals surface area contributed by atoms with Gasteiger partial charge in [0.05, 0.1) is 6.07 Å². The number of isocyanates is 1. The lowest BCUT2D eigenvalue weighted by Crippen LogP contribution is -2.42. The Labute approximate surface area is 99.5 Å². The summed E-state index contributed by atoms with van der Waals surface area (Å²) in [7, 11) is 0. The monoisotopic (exact) mass is 228 g/mol. The van der Waals surface area contributed by atoms with Crippen LogP contribution in [0.15, 0.2) is 29.3 Å². The largest absolute Gasteiger partial charge is 0.487 e. The van der Waals surface area contributed by atoms with Gasteiger partial charge in [0.25, 0.3) is 0 Å². The van der Waals surface area contributed by atoms with Crippen LogP contribution in [-0.4, -0.2) is 11.7 Å². The number of nitrogens with zero attached hydrogens (tertiary/aromatic N) is 2. The number of carbonyl (C=O) groups excluding carboxylic acids is 1. The summed E-state index contributed by atoms with van der Waals surface area (Å²) in [4.78, 5) is 14.3. The topological polar surface area (TPSA) is 62.5 Å². The SMILES string of the molecule is CC1(C)CC(C#N)(N=C=O)c2ccccc2O1. The van der Waals surface area contributed by atoms with E-state index in [2.05, 4.69) is 11.1 Å². The Morgan fingerprint density at radius 2 is 2.12 bits per heavy atom. The summed E-state index contributed by atoms with van der Waals surface area (Å²) in [6.07, 6.45) is 1.84. The van der Waals surface area contributed by atoms with Crippen molar-refractivity contribution in [3.05, 3.63) is 29.8 Å². The molecule has 1 aliphatic rings. The van der Waals surface area contributed by atoms with Gasteiger partial charge in [0.15, 0.2) is 5.54 Å². The van der Waals surface area contributed by atoms with Crippen LogP contribution in [0.25, 0.3) is 0 Å². The summed E-state index contributed by atoms with van der Waals surface area (Å²) in [6.45, 7) is 3.74. The van der Waals surface area contributed by atoms with Crippen LogP contribution < -0.4 is 4.74 Å². The van der Waals surface area contributed by atoms with Gasteiger partial charge in [-0.3, -0.25) is 0 Å². The van der Waals surface area contributed by atoms with Crippen LogP contribution >= 0.6 is 0 Å². The van der Waals surface area contributed by atoms with E-state index in [4.69, 9.17) is 4.74 Å². The van der Waals surface area contributed by atoms with Crippen LogP contribution in [0.3, 0.4) is 0 Å². The van der Waals surface area contributed by atoms with Crippen LogP contribution in [0.1, 0.15) is 25.8 Å². The first-order valence-electron chi connectivity index (χ1n) is 5.32. The minimum absolute atomic E-state index is 0.336. The molecule has 0 bridgehead atoms. The van der Waals surface area contributed by atoms with E-state index < -0.39 is 11.1 Å². The molecule has 0 aromatic heterocycles. The lowest BCUT2D eigenvalue weighted by molar-refractivity contribution is 0.0596. The van der Waals surface area contributed by atoms with Crippen LogP contribution in [0.5, 0.6) is 5.75 Å². The van der Waals surface area contributed by atoms with Crippen molar-refractivity contribution in [2.24, 2.45) is 4.99 Å². The summed E-state index contributed by atoms with van der Waals surface area (Å²) in [5.41, 5.74) is -1.09. The average Bonchev–Trinajstić information content (AvgIpc) is 2.28. The zero-order valence-corrected chi connectivity index (χ0v) is 9.73. The molecule has 2 rings (SSSR count). The van der Waals surface area contributed by atoms with E-state index in [9.17, 15) is 10.1 Å². The highest BCUT2D eigenvalue weighted by molar-refractivity contribution is 5.49. The van der Waals surface area contributed by atoms with Gasteiger partial charge in [0, 0.05) is 12.0 Å². The molecule has 86 valence electrons.